The molecule has 0 spiro atoms. The lowest BCUT2D eigenvalue weighted by molar-refractivity contribution is 0.478. The van der Waals surface area contributed by atoms with Crippen LogP contribution in [0.4, 0.5) is 4.39 Å². The smallest absolute Gasteiger partial charge is 0.144 e. The highest BCUT2D eigenvalue weighted by atomic mass is 19.1. The molecule has 4 aromatic heterocycles. The first-order valence-electron chi connectivity index (χ1n) is 27.7. The van der Waals surface area contributed by atoms with Gasteiger partial charge in [0.2, 0.25) is 0 Å². The predicted molar refractivity (Wildman–Crippen MR) is 260 cm³/mol. The Morgan fingerprint density at radius 3 is 2.08 bits per heavy atom. The third-order valence-electron chi connectivity index (χ3n) is 12.0. The maximum Gasteiger partial charge on any atom is 0.144 e. The van der Waals surface area contributed by atoms with Crippen molar-refractivity contribution in [2.24, 2.45) is 0 Å². The Balaban J connectivity index is 1.10. The number of aryl methyl sites for hydroxylation is 4. The number of nitriles is 1. The van der Waals surface area contributed by atoms with Crippen molar-refractivity contribution < 1.29 is 25.3 Å². The van der Waals surface area contributed by atoms with Crippen LogP contribution in [0.25, 0.3) is 55.7 Å². The van der Waals surface area contributed by atoms with Gasteiger partial charge in [-0.05, 0) is 126 Å². The minimum Gasteiger partial charge on any atom is -0.455 e. The lowest BCUT2D eigenvalue weighted by Crippen LogP contribution is -2.23. The maximum absolute atomic E-state index is 17.0. The second-order valence-electron chi connectivity index (χ2n) is 16.8. The fourth-order valence-electron chi connectivity index (χ4n) is 8.69. The van der Waals surface area contributed by atoms with E-state index in [1.807, 2.05) is 66.7 Å². The first-order valence-corrected chi connectivity index (χ1v) is 21.7. The van der Waals surface area contributed by atoms with Crippen molar-refractivity contribution in [2.45, 2.75) is 82.7 Å². The number of rotatable bonds is 13. The molecule has 10 rings (SSSR count). The molecule has 5 aromatic carbocycles. The SMILES string of the molecule is [2H]c1cc2c(oc3c(-c4cc(F)c(C(C)(C)C([2H])([2H])c5cc(C([2H])([2H])C([2H])([2H])c6ccc(-c7ccccc7)nc6)cc(C([2H])([2H])C([2H])([2H])c6cnc(-c7ccccc7)cc6C6CCCC6)c5)cn4)cccc32)c([2H])c1C#N. The van der Waals surface area contributed by atoms with E-state index in [-0.39, 0.29) is 62.7 Å². The van der Waals surface area contributed by atoms with Crippen molar-refractivity contribution in [1.82, 2.24) is 15.0 Å². The van der Waals surface area contributed by atoms with E-state index in [2.05, 4.69) is 15.0 Å². The molecule has 65 heavy (non-hydrogen) atoms. The summed E-state index contributed by atoms with van der Waals surface area (Å²) in [5, 5.41) is 10.5. The minimum atomic E-state index is -3.06. The van der Waals surface area contributed by atoms with E-state index in [1.54, 1.807) is 30.3 Å². The van der Waals surface area contributed by atoms with Crippen LogP contribution in [-0.2, 0) is 37.3 Å². The second-order valence-corrected chi connectivity index (χ2v) is 16.8. The Labute approximate surface area is 397 Å². The highest BCUT2D eigenvalue weighted by Crippen LogP contribution is 2.39. The van der Waals surface area contributed by atoms with Crippen molar-refractivity contribution in [3.63, 3.8) is 0 Å². The summed E-state index contributed by atoms with van der Waals surface area (Å²) in [5.74, 6) is -1.01. The molecule has 0 N–H and O–H groups in total. The van der Waals surface area contributed by atoms with Crippen LogP contribution in [0.2, 0.25) is 0 Å². The van der Waals surface area contributed by atoms with Gasteiger partial charge in [-0.15, -0.1) is 0 Å². The molecule has 1 fully saturated rings. The molecule has 5 nitrogen and oxygen atoms in total. The Morgan fingerprint density at radius 2 is 1.37 bits per heavy atom. The quantitative estimate of drug-likeness (QED) is 0.115. The molecule has 0 bridgehead atoms. The summed E-state index contributed by atoms with van der Waals surface area (Å²) >= 11 is 0. The molecule has 4 heterocycles. The summed E-state index contributed by atoms with van der Waals surface area (Å²) in [4.78, 5) is 13.7. The monoisotopic (exact) mass is 862 g/mol. The number of pyridine rings is 3. The zero-order valence-electron chi connectivity index (χ0n) is 47.8. The molecule has 1 aliphatic carbocycles. The molecule has 0 radical (unpaired) electrons. The van der Waals surface area contributed by atoms with Gasteiger partial charge in [0, 0.05) is 71.4 Å². The number of hydrogen-bond acceptors (Lipinski definition) is 5. The van der Waals surface area contributed by atoms with Gasteiger partial charge in [-0.1, -0.05) is 124 Å². The first kappa shape index (κ1) is 30.0. The minimum absolute atomic E-state index is 0.0212. The second kappa shape index (κ2) is 18.1. The van der Waals surface area contributed by atoms with Crippen molar-refractivity contribution in [3.8, 4) is 39.8 Å². The van der Waals surface area contributed by atoms with Crippen molar-refractivity contribution in [2.75, 3.05) is 0 Å². The molecule has 9 aromatic rings. The molecule has 320 valence electrons. The number of para-hydroxylation sites is 1. The van der Waals surface area contributed by atoms with Crippen LogP contribution in [0.15, 0.2) is 162 Å². The largest absolute Gasteiger partial charge is 0.455 e. The normalized spacial score (nSPS) is 17.0. The van der Waals surface area contributed by atoms with E-state index in [9.17, 15) is 19.0 Å². The number of hydrogen-bond donors (Lipinski definition) is 0. The number of aromatic nitrogens is 3. The van der Waals surface area contributed by atoms with Crippen LogP contribution < -0.4 is 0 Å². The number of benzene rings is 5. The highest BCUT2D eigenvalue weighted by molar-refractivity contribution is 6.09. The lowest BCUT2D eigenvalue weighted by atomic mass is 9.78. The molecule has 1 aliphatic rings. The Bertz CT molecular complexity index is 3780. The topological polar surface area (TPSA) is 75.6 Å². The van der Waals surface area contributed by atoms with Crippen LogP contribution in [0.1, 0.15) is 106 Å². The van der Waals surface area contributed by atoms with Gasteiger partial charge >= 0.3 is 0 Å². The summed E-state index contributed by atoms with van der Waals surface area (Å²) in [6.45, 7) is 2.82. The van der Waals surface area contributed by atoms with Crippen molar-refractivity contribution in [1.29, 1.82) is 5.26 Å². The fraction of sp³-hybridized carbons (Fsp3) is 0.220. The molecule has 0 amide bonds. The molecular weight excluding hydrogens is 800 g/mol. The average molecular weight is 863 g/mol. The summed E-state index contributed by atoms with van der Waals surface area (Å²) in [6.07, 6.45) is -7.66. The number of fused-ring (bicyclic) bond motifs is 3. The fourth-order valence-corrected chi connectivity index (χ4v) is 8.69. The van der Waals surface area contributed by atoms with E-state index >= 15 is 4.39 Å². The van der Waals surface area contributed by atoms with Gasteiger partial charge in [-0.2, -0.15) is 5.26 Å². The zero-order valence-corrected chi connectivity index (χ0v) is 35.8. The van der Waals surface area contributed by atoms with Gasteiger partial charge in [0.15, 0.2) is 0 Å². The van der Waals surface area contributed by atoms with Gasteiger partial charge in [-0.3, -0.25) is 15.0 Å². The Kier molecular flexibility index (Phi) is 8.36. The molecule has 0 aliphatic heterocycles. The lowest BCUT2D eigenvalue weighted by Gasteiger charge is -2.26. The van der Waals surface area contributed by atoms with Crippen molar-refractivity contribution in [3.05, 3.63) is 208 Å². The molecule has 1 saturated carbocycles. The molecule has 0 unspecified atom stereocenters. The average Bonchev–Trinajstić information content (AvgIpc) is 4.12. The number of nitrogens with zero attached hydrogens (tertiary/aromatic N) is 4. The zero-order chi connectivity index (χ0) is 55.0. The van der Waals surface area contributed by atoms with Gasteiger partial charge in [0.25, 0.3) is 0 Å². The third-order valence-corrected chi connectivity index (χ3v) is 12.0. The number of furan rings is 1. The van der Waals surface area contributed by atoms with Gasteiger partial charge in [-0.25, -0.2) is 4.39 Å². The molecule has 0 atom stereocenters. The molecule has 6 heteroatoms. The van der Waals surface area contributed by atoms with Crippen molar-refractivity contribution >= 4 is 21.9 Å². The van der Waals surface area contributed by atoms with Gasteiger partial charge in [0.05, 0.1) is 31.5 Å². The van der Waals surface area contributed by atoms with E-state index in [1.165, 1.54) is 44.6 Å². The van der Waals surface area contributed by atoms with E-state index < -0.39 is 54.2 Å². The molecular formula is C59H51FN4O. The summed E-state index contributed by atoms with van der Waals surface area (Å²) in [7, 11) is 0. The standard InChI is InChI=1S/C59H51FN4O/c1-59(2,52-38-64-56(33-53(52)60)50-19-11-18-49-48-26-23-42(35-61)31-57(48)65-58(49)50)34-43-29-40(21-20-39-24-27-54(62-36-39)45-14-5-3-6-15-45)28-41(30-43)22-25-47-37-63-55(46-16-7-4-8-17-46)32-51(47)44-12-9-10-13-44/h3-8,11,14-19,23-24,26-33,36-38,44H,9-10,12-13,20-22,25,34H2,1-2H3/i20D2,21D2,22D2,23D,25D2,31D,34D2. The maximum atomic E-state index is 17.0. The Morgan fingerprint density at radius 1 is 0.692 bits per heavy atom. The van der Waals surface area contributed by atoms with Crippen LogP contribution in [0.5, 0.6) is 0 Å². The summed E-state index contributed by atoms with van der Waals surface area (Å²) in [5.41, 5.74) is 0.0152. The van der Waals surface area contributed by atoms with Crippen LogP contribution in [-0.4, -0.2) is 15.0 Å². The summed E-state index contributed by atoms with van der Waals surface area (Å²) in [6, 6.07) is 35.5. The predicted octanol–water partition coefficient (Wildman–Crippen LogP) is 14.5. The van der Waals surface area contributed by atoms with E-state index in [0.29, 0.717) is 33.3 Å². The van der Waals surface area contributed by atoms with Crippen LogP contribution in [0.3, 0.4) is 0 Å². The Hall–Kier alpha value is -7.23. The third kappa shape index (κ3) is 8.97. The van der Waals surface area contributed by atoms with Gasteiger partial charge in [0.1, 0.15) is 17.0 Å². The highest BCUT2D eigenvalue weighted by Gasteiger charge is 2.27. The number of halogens is 1. The summed E-state index contributed by atoms with van der Waals surface area (Å²) < 4.78 is 137. The van der Waals surface area contributed by atoms with E-state index in [0.717, 1.165) is 61.1 Å². The first-order chi connectivity index (χ1) is 36.4. The van der Waals surface area contributed by atoms with Gasteiger partial charge < -0.3 is 4.42 Å². The molecule has 0 saturated heterocycles. The van der Waals surface area contributed by atoms with Crippen LogP contribution in [0, 0.1) is 17.1 Å². The van der Waals surface area contributed by atoms with E-state index in [4.69, 9.17) is 7.16 Å². The van der Waals surface area contributed by atoms with Crippen LogP contribution >= 0.6 is 0 Å².